The Balaban J connectivity index is 1.52. The third-order valence-corrected chi connectivity index (χ3v) is 9.14. The number of aryl methyl sites for hydroxylation is 2. The van der Waals surface area contributed by atoms with Gasteiger partial charge in [-0.2, -0.15) is 0 Å². The zero-order chi connectivity index (χ0) is 27.1. The van der Waals surface area contributed by atoms with E-state index in [4.69, 9.17) is 9.31 Å². The lowest BCUT2D eigenvalue weighted by Gasteiger charge is -2.32. The van der Waals surface area contributed by atoms with Crippen LogP contribution in [0.4, 0.5) is 0 Å². The molecule has 0 amide bonds. The molecule has 0 aromatic heterocycles. The molecule has 3 heteroatoms. The molecule has 7 rings (SSSR count). The van der Waals surface area contributed by atoms with E-state index in [9.17, 15) is 0 Å². The molecule has 0 N–H and O–H groups in total. The van der Waals surface area contributed by atoms with Gasteiger partial charge < -0.3 is 9.31 Å². The van der Waals surface area contributed by atoms with Crippen LogP contribution in [-0.2, 0) is 9.31 Å². The summed E-state index contributed by atoms with van der Waals surface area (Å²) < 4.78 is 12.8. The second-order valence-corrected chi connectivity index (χ2v) is 12.1. The Kier molecular flexibility index (Phi) is 5.27. The van der Waals surface area contributed by atoms with Gasteiger partial charge in [-0.3, -0.25) is 0 Å². The van der Waals surface area contributed by atoms with Crippen molar-refractivity contribution in [3.05, 3.63) is 102 Å². The molecule has 0 unspecified atom stereocenters. The van der Waals surface area contributed by atoms with E-state index >= 15 is 0 Å². The first-order valence-corrected chi connectivity index (χ1v) is 13.9. The van der Waals surface area contributed by atoms with Crippen LogP contribution in [0, 0.1) is 13.8 Å². The zero-order valence-electron chi connectivity index (χ0n) is 23.6. The van der Waals surface area contributed by atoms with Gasteiger partial charge in [0.2, 0.25) is 0 Å². The highest BCUT2D eigenvalue weighted by Crippen LogP contribution is 2.42. The third kappa shape index (κ3) is 3.64. The van der Waals surface area contributed by atoms with Gasteiger partial charge in [0.15, 0.2) is 0 Å². The van der Waals surface area contributed by atoms with E-state index in [0.29, 0.717) is 0 Å². The molecule has 1 saturated heterocycles. The molecule has 0 bridgehead atoms. The summed E-state index contributed by atoms with van der Waals surface area (Å²) >= 11 is 0. The number of hydrogen-bond acceptors (Lipinski definition) is 2. The van der Waals surface area contributed by atoms with E-state index in [1.807, 2.05) is 0 Å². The largest absolute Gasteiger partial charge is 0.494 e. The maximum absolute atomic E-state index is 6.42. The summed E-state index contributed by atoms with van der Waals surface area (Å²) in [6, 6.07) is 33.5. The van der Waals surface area contributed by atoms with Crippen molar-refractivity contribution >= 4 is 55.7 Å². The Bertz CT molecular complexity index is 1930. The molecule has 0 saturated carbocycles. The number of hydrogen-bond donors (Lipinski definition) is 0. The van der Waals surface area contributed by atoms with E-state index in [2.05, 4.69) is 133 Å². The molecule has 0 aliphatic carbocycles. The van der Waals surface area contributed by atoms with Gasteiger partial charge in [-0.15, -0.1) is 0 Å². The van der Waals surface area contributed by atoms with Crippen molar-refractivity contribution in [1.29, 1.82) is 0 Å². The van der Waals surface area contributed by atoms with Crippen LogP contribution in [0.2, 0.25) is 0 Å². The Morgan fingerprint density at radius 2 is 1.08 bits per heavy atom. The Morgan fingerprint density at radius 1 is 0.513 bits per heavy atom. The van der Waals surface area contributed by atoms with Gasteiger partial charge in [-0.1, -0.05) is 84.9 Å². The second kappa shape index (κ2) is 8.42. The topological polar surface area (TPSA) is 18.5 Å². The van der Waals surface area contributed by atoms with Gasteiger partial charge in [0, 0.05) is 0 Å². The summed E-state index contributed by atoms with van der Waals surface area (Å²) in [4.78, 5) is 0. The van der Waals surface area contributed by atoms with Crippen LogP contribution in [-0.4, -0.2) is 18.3 Å². The minimum absolute atomic E-state index is 0.374. The smallest absolute Gasteiger partial charge is 0.399 e. The van der Waals surface area contributed by atoms with E-state index < -0.39 is 0 Å². The Labute approximate surface area is 230 Å². The molecule has 0 atom stereocenters. The predicted molar refractivity (Wildman–Crippen MR) is 167 cm³/mol. The van der Waals surface area contributed by atoms with Crippen LogP contribution in [0.1, 0.15) is 38.8 Å². The van der Waals surface area contributed by atoms with E-state index in [1.165, 1.54) is 65.3 Å². The predicted octanol–water partition coefficient (Wildman–Crippen LogP) is 8.88. The van der Waals surface area contributed by atoms with Crippen molar-refractivity contribution < 1.29 is 9.31 Å². The molecule has 0 spiro atoms. The molecule has 1 heterocycles. The van der Waals surface area contributed by atoms with E-state index in [1.54, 1.807) is 0 Å². The van der Waals surface area contributed by atoms with Crippen molar-refractivity contribution in [2.45, 2.75) is 52.7 Å². The molecule has 1 aliphatic rings. The monoisotopic (exact) mass is 508 g/mol. The fourth-order valence-electron chi connectivity index (χ4n) is 6.26. The SMILES string of the molecule is Cc1cc2c3ccccc3c3cc(B4OC(C)(C)C(C)(C)O4)ccc3c2cc1-c1c(C)ccc2ccccc12. The Hall–Kier alpha value is -3.66. The fraction of sp³-hybridized carbons (Fsp3) is 0.222. The van der Waals surface area contributed by atoms with Crippen molar-refractivity contribution in [2.75, 3.05) is 0 Å². The van der Waals surface area contributed by atoms with Crippen molar-refractivity contribution in [1.82, 2.24) is 0 Å². The molecule has 2 nitrogen and oxygen atoms in total. The van der Waals surface area contributed by atoms with Gasteiger partial charge in [0.1, 0.15) is 0 Å². The summed E-state index contributed by atoms with van der Waals surface area (Å²) in [5.74, 6) is 0. The van der Waals surface area contributed by atoms with Crippen LogP contribution < -0.4 is 5.46 Å². The molecule has 6 aromatic rings. The number of fused-ring (bicyclic) bond motifs is 7. The minimum atomic E-state index is -0.388. The van der Waals surface area contributed by atoms with E-state index in [-0.39, 0.29) is 18.3 Å². The van der Waals surface area contributed by atoms with Gasteiger partial charge >= 0.3 is 7.12 Å². The maximum Gasteiger partial charge on any atom is 0.494 e. The van der Waals surface area contributed by atoms with Crippen LogP contribution in [0.5, 0.6) is 0 Å². The first-order chi connectivity index (χ1) is 18.6. The Morgan fingerprint density at radius 3 is 1.77 bits per heavy atom. The lowest BCUT2D eigenvalue weighted by molar-refractivity contribution is 0.00578. The highest BCUT2D eigenvalue weighted by atomic mass is 16.7. The summed E-state index contributed by atoms with van der Waals surface area (Å²) in [6.07, 6.45) is 0. The third-order valence-electron chi connectivity index (χ3n) is 9.14. The fourth-order valence-corrected chi connectivity index (χ4v) is 6.26. The van der Waals surface area contributed by atoms with Crippen LogP contribution in [0.3, 0.4) is 0 Å². The molecular formula is C36H33BO2. The molecule has 192 valence electrons. The van der Waals surface area contributed by atoms with Crippen molar-refractivity contribution in [3.63, 3.8) is 0 Å². The zero-order valence-corrected chi connectivity index (χ0v) is 23.6. The molecular weight excluding hydrogens is 475 g/mol. The molecule has 0 radical (unpaired) electrons. The summed E-state index contributed by atoms with van der Waals surface area (Å²) in [5, 5.41) is 10.2. The molecule has 1 aliphatic heterocycles. The average molecular weight is 508 g/mol. The van der Waals surface area contributed by atoms with Gasteiger partial charge in [0.25, 0.3) is 0 Å². The summed E-state index contributed by atoms with van der Waals surface area (Å²) in [6.45, 7) is 12.9. The van der Waals surface area contributed by atoms with E-state index in [0.717, 1.165) is 5.46 Å². The highest BCUT2D eigenvalue weighted by Gasteiger charge is 2.51. The second-order valence-electron chi connectivity index (χ2n) is 12.1. The quantitative estimate of drug-likeness (QED) is 0.172. The first-order valence-electron chi connectivity index (χ1n) is 13.9. The lowest BCUT2D eigenvalue weighted by Crippen LogP contribution is -2.41. The average Bonchev–Trinajstić information content (AvgIpc) is 3.15. The normalized spacial score (nSPS) is 16.6. The summed E-state index contributed by atoms with van der Waals surface area (Å²) in [7, 11) is -0.388. The molecule has 6 aromatic carbocycles. The number of rotatable bonds is 2. The maximum atomic E-state index is 6.42. The lowest BCUT2D eigenvalue weighted by atomic mass is 9.77. The highest BCUT2D eigenvalue weighted by molar-refractivity contribution is 6.62. The van der Waals surface area contributed by atoms with Crippen LogP contribution in [0.25, 0.3) is 54.2 Å². The first kappa shape index (κ1) is 24.4. The van der Waals surface area contributed by atoms with Crippen molar-refractivity contribution in [2.24, 2.45) is 0 Å². The van der Waals surface area contributed by atoms with Gasteiger partial charge in [-0.25, -0.2) is 0 Å². The molecule has 39 heavy (non-hydrogen) atoms. The van der Waals surface area contributed by atoms with Gasteiger partial charge in [-0.05, 0) is 118 Å². The van der Waals surface area contributed by atoms with Crippen molar-refractivity contribution in [3.8, 4) is 11.1 Å². The number of benzene rings is 6. The summed E-state index contributed by atoms with van der Waals surface area (Å²) in [5.41, 5.74) is 5.51. The molecule has 1 fully saturated rings. The minimum Gasteiger partial charge on any atom is -0.399 e. The standard InChI is InChI=1S/C36H33BO2/c1-22-15-16-24-11-7-8-12-26(24)34(22)30-21-33-29-18-17-25(37-38-35(3,4)36(5,6)39-37)20-32(29)28-14-10-9-13-27(28)31(33)19-23(30)2/h7-21H,1-6H3. The van der Waals surface area contributed by atoms with Crippen LogP contribution >= 0.6 is 0 Å². The van der Waals surface area contributed by atoms with Gasteiger partial charge in [0.05, 0.1) is 11.2 Å². The van der Waals surface area contributed by atoms with Crippen LogP contribution in [0.15, 0.2) is 91.0 Å².